The van der Waals surface area contributed by atoms with Crippen LogP contribution in [0.5, 0.6) is 0 Å². The quantitative estimate of drug-likeness (QED) is 0.669. The Morgan fingerprint density at radius 3 is 2.50 bits per heavy atom. The van der Waals surface area contributed by atoms with Gasteiger partial charge in [0, 0.05) is 18.6 Å². The number of rotatable bonds is 5. The van der Waals surface area contributed by atoms with Crippen molar-refractivity contribution in [3.05, 3.63) is 0 Å². The zero-order chi connectivity index (χ0) is 12.0. The first kappa shape index (κ1) is 13.5. The van der Waals surface area contributed by atoms with Gasteiger partial charge >= 0.3 is 5.97 Å². The molecule has 16 heavy (non-hydrogen) atoms. The lowest BCUT2D eigenvalue weighted by atomic mass is 9.92. The molecule has 0 aromatic rings. The molecule has 0 amide bonds. The number of morpholine rings is 1. The minimum absolute atomic E-state index is 0.0873. The summed E-state index contributed by atoms with van der Waals surface area (Å²) in [6.45, 7) is 9.89. The van der Waals surface area contributed by atoms with Crippen LogP contribution in [0.15, 0.2) is 0 Å². The molecule has 0 bridgehead atoms. The van der Waals surface area contributed by atoms with Crippen LogP contribution in [-0.4, -0.2) is 49.3 Å². The molecule has 0 unspecified atom stereocenters. The van der Waals surface area contributed by atoms with Gasteiger partial charge in [0.15, 0.2) is 0 Å². The predicted octanol–water partition coefficient (Wildman–Crippen LogP) is 1.44. The van der Waals surface area contributed by atoms with E-state index in [9.17, 15) is 4.79 Å². The molecule has 0 aromatic carbocycles. The smallest absolute Gasteiger partial charge is 0.307 e. The Morgan fingerprint density at radius 1 is 1.38 bits per heavy atom. The van der Waals surface area contributed by atoms with Gasteiger partial charge in [-0.2, -0.15) is 0 Å². The Balaban J connectivity index is 2.56. The van der Waals surface area contributed by atoms with Crippen LogP contribution in [0.4, 0.5) is 0 Å². The summed E-state index contributed by atoms with van der Waals surface area (Å²) >= 11 is 0. The highest BCUT2D eigenvalue weighted by molar-refractivity contribution is 5.70. The van der Waals surface area contributed by atoms with E-state index >= 15 is 0 Å². The summed E-state index contributed by atoms with van der Waals surface area (Å²) < 4.78 is 10.4. The van der Waals surface area contributed by atoms with E-state index in [1.165, 1.54) is 0 Å². The lowest BCUT2D eigenvalue weighted by molar-refractivity contribution is -0.147. The van der Waals surface area contributed by atoms with Crippen molar-refractivity contribution in [3.63, 3.8) is 0 Å². The largest absolute Gasteiger partial charge is 0.466 e. The monoisotopic (exact) mass is 229 g/mol. The van der Waals surface area contributed by atoms with Crippen LogP contribution in [0, 0.1) is 0 Å². The Hall–Kier alpha value is -0.610. The maximum absolute atomic E-state index is 11.6. The van der Waals surface area contributed by atoms with E-state index in [0.29, 0.717) is 13.0 Å². The summed E-state index contributed by atoms with van der Waals surface area (Å²) in [4.78, 5) is 13.9. The molecule has 0 N–H and O–H groups in total. The van der Waals surface area contributed by atoms with Crippen LogP contribution in [0.1, 0.15) is 33.6 Å². The van der Waals surface area contributed by atoms with Crippen LogP contribution in [0.2, 0.25) is 0 Å². The van der Waals surface area contributed by atoms with Crippen molar-refractivity contribution in [2.75, 3.05) is 32.9 Å². The fraction of sp³-hybridized carbons (Fsp3) is 0.917. The lowest BCUT2D eigenvalue weighted by Gasteiger charge is -2.42. The topological polar surface area (TPSA) is 38.8 Å². The molecule has 4 nitrogen and oxygen atoms in total. The highest BCUT2D eigenvalue weighted by Crippen LogP contribution is 2.25. The average molecular weight is 229 g/mol. The Kier molecular flexibility index (Phi) is 5.22. The van der Waals surface area contributed by atoms with E-state index in [2.05, 4.69) is 18.7 Å². The van der Waals surface area contributed by atoms with Crippen LogP contribution >= 0.6 is 0 Å². The summed E-state index contributed by atoms with van der Waals surface area (Å²) in [6.07, 6.45) is 1.42. The highest BCUT2D eigenvalue weighted by Gasteiger charge is 2.33. The van der Waals surface area contributed by atoms with Crippen LogP contribution in [0.3, 0.4) is 0 Å². The molecule has 0 radical (unpaired) electrons. The number of hydrogen-bond donors (Lipinski definition) is 0. The summed E-state index contributed by atoms with van der Waals surface area (Å²) in [5.41, 5.74) is -0.0873. The summed E-state index contributed by atoms with van der Waals surface area (Å²) in [7, 11) is 0. The maximum Gasteiger partial charge on any atom is 0.307 e. The molecule has 1 fully saturated rings. The fourth-order valence-corrected chi connectivity index (χ4v) is 2.09. The molecular formula is C12H23NO3. The molecule has 0 aliphatic carbocycles. The van der Waals surface area contributed by atoms with E-state index in [0.717, 1.165) is 32.7 Å². The van der Waals surface area contributed by atoms with Gasteiger partial charge in [0.1, 0.15) is 0 Å². The first-order valence-electron chi connectivity index (χ1n) is 6.11. The van der Waals surface area contributed by atoms with E-state index in [4.69, 9.17) is 9.47 Å². The fourth-order valence-electron chi connectivity index (χ4n) is 2.09. The molecule has 0 spiro atoms. The van der Waals surface area contributed by atoms with E-state index < -0.39 is 0 Å². The highest BCUT2D eigenvalue weighted by atomic mass is 16.5. The average Bonchev–Trinajstić information content (AvgIpc) is 2.30. The number of hydrogen-bond acceptors (Lipinski definition) is 4. The minimum atomic E-state index is -0.0988. The minimum Gasteiger partial charge on any atom is -0.466 e. The van der Waals surface area contributed by atoms with Crippen LogP contribution in [-0.2, 0) is 14.3 Å². The second kappa shape index (κ2) is 6.21. The molecule has 4 heteroatoms. The van der Waals surface area contributed by atoms with E-state index in [-0.39, 0.29) is 11.5 Å². The molecular weight excluding hydrogens is 206 g/mol. The summed E-state index contributed by atoms with van der Waals surface area (Å²) in [5.74, 6) is -0.0988. The van der Waals surface area contributed by atoms with Gasteiger partial charge in [-0.25, -0.2) is 0 Å². The molecule has 1 atom stereocenters. The van der Waals surface area contributed by atoms with Gasteiger partial charge in [-0.15, -0.1) is 0 Å². The number of nitrogens with zero attached hydrogens (tertiary/aromatic N) is 1. The van der Waals surface area contributed by atoms with E-state index in [1.807, 2.05) is 6.92 Å². The third kappa shape index (κ3) is 3.46. The molecule has 0 aromatic heterocycles. The molecule has 94 valence electrons. The van der Waals surface area contributed by atoms with Gasteiger partial charge in [0.25, 0.3) is 0 Å². The van der Waals surface area contributed by atoms with Crippen molar-refractivity contribution in [3.8, 4) is 0 Å². The molecule has 1 aliphatic heterocycles. The SMILES string of the molecule is CCOC(=O)C[C@](C)(CC)N1CCOCC1. The number of carbonyl (C=O) groups excluding carboxylic acids is 1. The summed E-state index contributed by atoms with van der Waals surface area (Å²) in [6, 6.07) is 0. The van der Waals surface area contributed by atoms with Crippen LogP contribution < -0.4 is 0 Å². The van der Waals surface area contributed by atoms with Crippen molar-refractivity contribution in [1.82, 2.24) is 4.90 Å². The second-order valence-electron chi connectivity index (χ2n) is 4.43. The van der Waals surface area contributed by atoms with Gasteiger partial charge in [-0.05, 0) is 20.3 Å². The van der Waals surface area contributed by atoms with Crippen molar-refractivity contribution < 1.29 is 14.3 Å². The van der Waals surface area contributed by atoms with Crippen molar-refractivity contribution >= 4 is 5.97 Å². The van der Waals surface area contributed by atoms with E-state index in [1.54, 1.807) is 0 Å². The standard InChI is InChI=1S/C12H23NO3/c1-4-12(3,10-11(14)16-5-2)13-6-8-15-9-7-13/h4-10H2,1-3H3/t12-/m0/s1. The number of ether oxygens (including phenoxy) is 2. The van der Waals surface area contributed by atoms with Gasteiger partial charge in [0.2, 0.25) is 0 Å². The second-order valence-corrected chi connectivity index (χ2v) is 4.43. The maximum atomic E-state index is 11.6. The Morgan fingerprint density at radius 2 is 2.00 bits per heavy atom. The lowest BCUT2D eigenvalue weighted by Crippen LogP contribution is -2.52. The van der Waals surface area contributed by atoms with Crippen molar-refractivity contribution in [2.24, 2.45) is 0 Å². The summed E-state index contributed by atoms with van der Waals surface area (Å²) in [5, 5.41) is 0. The Labute approximate surface area is 97.9 Å². The normalized spacial score (nSPS) is 21.4. The molecule has 1 aliphatic rings. The molecule has 1 rings (SSSR count). The third-order valence-corrected chi connectivity index (χ3v) is 3.37. The zero-order valence-corrected chi connectivity index (χ0v) is 10.6. The van der Waals surface area contributed by atoms with Crippen molar-refractivity contribution in [1.29, 1.82) is 0 Å². The Bertz CT molecular complexity index is 226. The molecule has 1 saturated heterocycles. The van der Waals surface area contributed by atoms with Gasteiger partial charge in [-0.3, -0.25) is 9.69 Å². The number of esters is 1. The molecule has 0 saturated carbocycles. The number of carbonyl (C=O) groups is 1. The van der Waals surface area contributed by atoms with Gasteiger partial charge in [0.05, 0.1) is 26.2 Å². The molecule has 1 heterocycles. The predicted molar refractivity (Wildman–Crippen MR) is 62.3 cm³/mol. The van der Waals surface area contributed by atoms with Crippen LogP contribution in [0.25, 0.3) is 0 Å². The van der Waals surface area contributed by atoms with Gasteiger partial charge < -0.3 is 9.47 Å². The van der Waals surface area contributed by atoms with Crippen molar-refractivity contribution in [2.45, 2.75) is 39.2 Å². The zero-order valence-electron chi connectivity index (χ0n) is 10.6. The first-order valence-corrected chi connectivity index (χ1v) is 6.11. The third-order valence-electron chi connectivity index (χ3n) is 3.37. The first-order chi connectivity index (χ1) is 7.62. The van der Waals surface area contributed by atoms with Gasteiger partial charge in [-0.1, -0.05) is 6.92 Å².